The topological polar surface area (TPSA) is 50.3 Å². The van der Waals surface area contributed by atoms with E-state index in [9.17, 15) is 17.6 Å². The van der Waals surface area contributed by atoms with Gasteiger partial charge in [-0.2, -0.15) is 13.2 Å². The number of alkyl halides is 4. The van der Waals surface area contributed by atoms with Gasteiger partial charge >= 0.3 is 6.18 Å². The van der Waals surface area contributed by atoms with Crippen molar-refractivity contribution >= 4 is 5.82 Å². The molecule has 3 atom stereocenters. The summed E-state index contributed by atoms with van der Waals surface area (Å²) in [5, 5.41) is 10.8. The molecule has 3 heterocycles. The Balaban J connectivity index is 1.27. The molecule has 2 aromatic rings. The molecular formula is C25H29F5N4O. The number of benzene rings is 1. The third kappa shape index (κ3) is 5.28. The Morgan fingerprint density at radius 2 is 1.77 bits per heavy atom. The van der Waals surface area contributed by atoms with Gasteiger partial charge in [-0.1, -0.05) is 6.07 Å². The summed E-state index contributed by atoms with van der Waals surface area (Å²) in [7, 11) is 0. The highest BCUT2D eigenvalue weighted by Gasteiger charge is 2.45. The highest BCUT2D eigenvalue weighted by molar-refractivity contribution is 5.65. The summed E-state index contributed by atoms with van der Waals surface area (Å²) in [6.45, 7) is 4.48. The van der Waals surface area contributed by atoms with Gasteiger partial charge in [0, 0.05) is 57.3 Å². The van der Waals surface area contributed by atoms with Gasteiger partial charge in [0.1, 0.15) is 17.0 Å². The summed E-state index contributed by atoms with van der Waals surface area (Å²) in [4.78, 5) is 2.16. The van der Waals surface area contributed by atoms with Crippen LogP contribution in [0.1, 0.15) is 36.8 Å². The van der Waals surface area contributed by atoms with Crippen molar-refractivity contribution in [1.29, 1.82) is 0 Å². The Kier molecular flexibility index (Phi) is 6.46. The molecule has 5 rings (SSSR count). The molecule has 0 spiro atoms. The molecule has 10 heteroatoms. The number of rotatable bonds is 5. The SMILES string of the molecule is Cc1ccc(F)cc1-c1cc(C(F)(F)F)c(N[C@H]2C[C@@H]3CN(CC4(F)CCOCC4)C[C@@H]3C2)nn1. The molecular weight excluding hydrogens is 467 g/mol. The monoisotopic (exact) mass is 496 g/mol. The van der Waals surface area contributed by atoms with Crippen molar-refractivity contribution in [2.24, 2.45) is 11.8 Å². The number of fused-ring (bicyclic) bond motifs is 1. The molecule has 3 fully saturated rings. The molecule has 190 valence electrons. The maximum atomic E-state index is 15.0. The molecule has 0 amide bonds. The van der Waals surface area contributed by atoms with Crippen LogP contribution in [0.25, 0.3) is 11.3 Å². The van der Waals surface area contributed by atoms with Gasteiger partial charge < -0.3 is 10.1 Å². The van der Waals surface area contributed by atoms with Crippen molar-refractivity contribution in [1.82, 2.24) is 15.1 Å². The van der Waals surface area contributed by atoms with Gasteiger partial charge in [-0.25, -0.2) is 8.78 Å². The summed E-state index contributed by atoms with van der Waals surface area (Å²) in [5.74, 6) is -0.229. The number of hydrogen-bond donors (Lipinski definition) is 1. The minimum Gasteiger partial charge on any atom is -0.381 e. The summed E-state index contributed by atoms with van der Waals surface area (Å²) >= 11 is 0. The molecule has 3 aliphatic rings. The van der Waals surface area contributed by atoms with E-state index in [1.54, 1.807) is 6.92 Å². The normalized spacial score (nSPS) is 26.6. The van der Waals surface area contributed by atoms with Crippen molar-refractivity contribution in [3.05, 3.63) is 41.2 Å². The molecule has 1 aliphatic carbocycles. The minimum absolute atomic E-state index is 0.0212. The Bertz CT molecular complexity index is 1060. The van der Waals surface area contributed by atoms with Crippen LogP contribution in [0.15, 0.2) is 24.3 Å². The van der Waals surface area contributed by atoms with Gasteiger partial charge in [-0.3, -0.25) is 4.90 Å². The first-order valence-corrected chi connectivity index (χ1v) is 12.1. The van der Waals surface area contributed by atoms with Crippen LogP contribution in [0.3, 0.4) is 0 Å². The lowest BCUT2D eigenvalue weighted by atomic mass is 9.96. The first kappa shape index (κ1) is 24.4. The van der Waals surface area contributed by atoms with E-state index in [-0.39, 0.29) is 23.1 Å². The number of nitrogens with zero attached hydrogens (tertiary/aromatic N) is 3. The number of likely N-dealkylation sites (tertiary alicyclic amines) is 1. The second-order valence-corrected chi connectivity index (χ2v) is 10.2. The van der Waals surface area contributed by atoms with Crippen LogP contribution in [-0.4, -0.2) is 59.7 Å². The summed E-state index contributed by atoms with van der Waals surface area (Å²) in [6, 6.07) is 4.69. The maximum absolute atomic E-state index is 15.0. The zero-order valence-electron chi connectivity index (χ0n) is 19.5. The van der Waals surface area contributed by atoms with Crippen molar-refractivity contribution in [3.8, 4) is 11.3 Å². The average Bonchev–Trinajstić information content (AvgIpc) is 3.33. The summed E-state index contributed by atoms with van der Waals surface area (Å²) < 4.78 is 75.7. The van der Waals surface area contributed by atoms with E-state index in [0.717, 1.165) is 19.2 Å². The molecule has 2 aliphatic heterocycles. The van der Waals surface area contributed by atoms with Crippen LogP contribution in [0.4, 0.5) is 27.8 Å². The van der Waals surface area contributed by atoms with Crippen LogP contribution in [0.2, 0.25) is 0 Å². The van der Waals surface area contributed by atoms with Crippen molar-refractivity contribution in [2.45, 2.75) is 50.5 Å². The summed E-state index contributed by atoms with van der Waals surface area (Å²) in [5.41, 5.74) is -1.26. The lowest BCUT2D eigenvalue weighted by Crippen LogP contribution is -2.43. The molecule has 1 aromatic carbocycles. The molecule has 1 N–H and O–H groups in total. The predicted octanol–water partition coefficient (Wildman–Crippen LogP) is 5.25. The smallest absolute Gasteiger partial charge is 0.381 e. The third-order valence-electron chi connectivity index (χ3n) is 7.64. The lowest BCUT2D eigenvalue weighted by Gasteiger charge is -2.33. The van der Waals surface area contributed by atoms with E-state index in [1.165, 1.54) is 18.2 Å². The lowest BCUT2D eigenvalue weighted by molar-refractivity contribution is -0.137. The van der Waals surface area contributed by atoms with Crippen molar-refractivity contribution in [2.75, 3.05) is 38.2 Å². The number of halogens is 5. The average molecular weight is 497 g/mol. The largest absolute Gasteiger partial charge is 0.420 e. The highest BCUT2D eigenvalue weighted by Crippen LogP contribution is 2.42. The molecule has 0 radical (unpaired) electrons. The van der Waals surface area contributed by atoms with Crippen LogP contribution >= 0.6 is 0 Å². The Morgan fingerprint density at radius 3 is 2.43 bits per heavy atom. The number of ether oxygens (including phenoxy) is 1. The van der Waals surface area contributed by atoms with Crippen molar-refractivity contribution < 1.29 is 26.7 Å². The van der Waals surface area contributed by atoms with Gasteiger partial charge in [0.2, 0.25) is 0 Å². The van der Waals surface area contributed by atoms with Crippen molar-refractivity contribution in [3.63, 3.8) is 0 Å². The van der Waals surface area contributed by atoms with E-state index in [2.05, 4.69) is 20.4 Å². The van der Waals surface area contributed by atoms with Gasteiger partial charge in [0.15, 0.2) is 5.82 Å². The Hall–Kier alpha value is -2.33. The second kappa shape index (κ2) is 9.28. The molecule has 5 nitrogen and oxygen atoms in total. The molecule has 0 unspecified atom stereocenters. The predicted molar refractivity (Wildman–Crippen MR) is 121 cm³/mol. The maximum Gasteiger partial charge on any atom is 0.420 e. The van der Waals surface area contributed by atoms with E-state index in [0.29, 0.717) is 62.8 Å². The second-order valence-electron chi connectivity index (χ2n) is 10.2. The minimum atomic E-state index is -4.64. The first-order valence-electron chi connectivity index (χ1n) is 12.1. The number of aromatic nitrogens is 2. The fourth-order valence-electron chi connectivity index (χ4n) is 5.85. The zero-order chi connectivity index (χ0) is 24.8. The molecule has 35 heavy (non-hydrogen) atoms. The number of hydrogen-bond acceptors (Lipinski definition) is 5. The quantitative estimate of drug-likeness (QED) is 0.573. The Labute approximate surface area is 201 Å². The third-order valence-corrected chi connectivity index (χ3v) is 7.64. The molecule has 2 saturated heterocycles. The summed E-state index contributed by atoms with van der Waals surface area (Å²) in [6.07, 6.45) is -2.42. The molecule has 1 aromatic heterocycles. The van der Waals surface area contributed by atoms with E-state index in [1.807, 2.05) is 0 Å². The number of nitrogens with one attached hydrogen (secondary N) is 1. The van der Waals surface area contributed by atoms with Crippen LogP contribution < -0.4 is 5.32 Å². The fourth-order valence-corrected chi connectivity index (χ4v) is 5.85. The van der Waals surface area contributed by atoms with Crippen LogP contribution in [-0.2, 0) is 10.9 Å². The molecule has 1 saturated carbocycles. The van der Waals surface area contributed by atoms with Gasteiger partial charge in [0.25, 0.3) is 0 Å². The molecule has 0 bridgehead atoms. The number of anilines is 1. The van der Waals surface area contributed by atoms with Gasteiger partial charge in [-0.05, 0) is 55.4 Å². The highest BCUT2D eigenvalue weighted by atomic mass is 19.4. The first-order chi connectivity index (χ1) is 16.6. The van der Waals surface area contributed by atoms with Crippen LogP contribution in [0.5, 0.6) is 0 Å². The standard InChI is InChI=1S/C25H29F5N4O/c1-15-2-3-18(26)10-20(15)22-11-21(25(28,29)30)23(33-32-22)31-19-8-16-12-34(13-17(16)9-19)14-24(27)4-6-35-7-5-24/h2-3,10-11,16-17,19H,4-9,12-14H2,1H3,(H,31,33)/t16-,17+,19+. The van der Waals surface area contributed by atoms with Crippen LogP contribution in [0, 0.1) is 24.6 Å². The Morgan fingerprint density at radius 1 is 1.09 bits per heavy atom. The fraction of sp³-hybridized carbons (Fsp3) is 0.600. The van der Waals surface area contributed by atoms with Gasteiger partial charge in [0.05, 0.1) is 5.69 Å². The number of aryl methyl sites for hydroxylation is 1. The van der Waals surface area contributed by atoms with E-state index in [4.69, 9.17) is 4.74 Å². The zero-order valence-corrected chi connectivity index (χ0v) is 19.5. The van der Waals surface area contributed by atoms with E-state index >= 15 is 4.39 Å². The van der Waals surface area contributed by atoms with E-state index < -0.39 is 23.2 Å². The van der Waals surface area contributed by atoms with Gasteiger partial charge in [-0.15, -0.1) is 10.2 Å².